The number of aromatic nitrogens is 2. The highest BCUT2D eigenvalue weighted by Gasteiger charge is 2.36. The van der Waals surface area contributed by atoms with Crippen LogP contribution in [-0.4, -0.2) is 72.2 Å². The Hall–Kier alpha value is -3.17. The molecule has 15 heteroatoms. The van der Waals surface area contributed by atoms with E-state index in [1.54, 1.807) is 35.2 Å². The number of imidazole rings is 1. The second kappa shape index (κ2) is 13.0. The SMILES string of the molecule is O=C1C(NS(=O)(=O)C=Cc2ccc(Cl)s2)CCN1c1ccc(-n2ccnc2CN2CCC(F)C2)cc1F.O=CO. The summed E-state index contributed by atoms with van der Waals surface area (Å²) >= 11 is 7.09. The van der Waals surface area contributed by atoms with Crippen LogP contribution in [0.2, 0.25) is 4.34 Å². The molecular weight excluding hydrogens is 588 g/mol. The van der Waals surface area contributed by atoms with Crippen LogP contribution in [0.4, 0.5) is 14.5 Å². The molecule has 2 aliphatic heterocycles. The molecule has 0 bridgehead atoms. The van der Waals surface area contributed by atoms with Crippen LogP contribution >= 0.6 is 22.9 Å². The lowest BCUT2D eigenvalue weighted by Crippen LogP contribution is -2.40. The van der Waals surface area contributed by atoms with Crippen LogP contribution in [0, 0.1) is 5.82 Å². The Labute approximate surface area is 238 Å². The average molecular weight is 614 g/mol. The van der Waals surface area contributed by atoms with Gasteiger partial charge in [-0.25, -0.2) is 22.2 Å². The molecule has 5 rings (SSSR count). The van der Waals surface area contributed by atoms with E-state index in [0.29, 0.717) is 46.8 Å². The van der Waals surface area contributed by atoms with Crippen LogP contribution in [-0.2, 0) is 26.2 Å². The topological polar surface area (TPSA) is 125 Å². The van der Waals surface area contributed by atoms with Gasteiger partial charge in [-0.3, -0.25) is 14.5 Å². The summed E-state index contributed by atoms with van der Waals surface area (Å²) in [6.45, 7) is 1.35. The predicted molar refractivity (Wildman–Crippen MR) is 148 cm³/mol. The molecule has 2 saturated heterocycles. The van der Waals surface area contributed by atoms with Crippen molar-refractivity contribution in [2.75, 3.05) is 24.5 Å². The Balaban J connectivity index is 0.00000118. The van der Waals surface area contributed by atoms with Gasteiger partial charge < -0.3 is 14.6 Å². The van der Waals surface area contributed by atoms with Gasteiger partial charge in [-0.05, 0) is 43.2 Å². The van der Waals surface area contributed by atoms with Gasteiger partial charge in [0.15, 0.2) is 0 Å². The number of rotatable bonds is 8. The van der Waals surface area contributed by atoms with Crippen molar-refractivity contribution in [3.8, 4) is 5.69 Å². The fourth-order valence-corrected chi connectivity index (χ4v) is 6.59. The third-order valence-electron chi connectivity index (χ3n) is 6.31. The van der Waals surface area contributed by atoms with Gasteiger partial charge in [-0.1, -0.05) is 11.6 Å². The standard InChI is InChI=1S/C24H24ClF2N5O3S2.CH2O2/c25-22-4-2-18(36-22)7-12-37(34,35)29-20-6-10-32(24(20)33)21-3-1-17(13-19(21)27)31-11-8-28-23(31)15-30-9-5-16(26)14-30;2-1-3/h1-4,7-8,11-13,16,20,29H,5-6,9-10,14-15H2;1H,(H,2,3). The minimum absolute atomic E-state index is 0.0701. The molecular formula is C25H26ClF2N5O5S2. The van der Waals surface area contributed by atoms with Crippen molar-refractivity contribution >= 4 is 57.1 Å². The number of carbonyl (C=O) groups is 2. The van der Waals surface area contributed by atoms with Crippen LogP contribution in [0.5, 0.6) is 0 Å². The number of hydrogen-bond donors (Lipinski definition) is 2. The van der Waals surface area contributed by atoms with Gasteiger partial charge in [-0.15, -0.1) is 11.3 Å². The monoisotopic (exact) mass is 613 g/mol. The molecule has 2 fully saturated rings. The fraction of sp³-hybridized carbons (Fsp3) is 0.320. The minimum atomic E-state index is -3.90. The number of benzene rings is 1. The molecule has 1 aromatic carbocycles. The van der Waals surface area contributed by atoms with Gasteiger partial charge in [0, 0.05) is 54.1 Å². The molecule has 0 radical (unpaired) electrons. The molecule has 40 heavy (non-hydrogen) atoms. The van der Waals surface area contributed by atoms with E-state index in [4.69, 9.17) is 21.5 Å². The Bertz CT molecular complexity index is 1500. The number of halogens is 3. The van der Waals surface area contributed by atoms with Gasteiger partial charge in [0.05, 0.1) is 16.6 Å². The Morgan fingerprint density at radius 3 is 2.65 bits per heavy atom. The van der Waals surface area contributed by atoms with Crippen molar-refractivity contribution in [2.24, 2.45) is 0 Å². The highest BCUT2D eigenvalue weighted by molar-refractivity contribution is 7.92. The zero-order valence-corrected chi connectivity index (χ0v) is 23.4. The summed E-state index contributed by atoms with van der Waals surface area (Å²) in [6.07, 6.45) is 4.56. The maximum atomic E-state index is 15.2. The Morgan fingerprint density at radius 2 is 2.00 bits per heavy atom. The highest BCUT2D eigenvalue weighted by Crippen LogP contribution is 2.28. The van der Waals surface area contributed by atoms with Gasteiger partial charge in [-0.2, -0.15) is 4.72 Å². The number of amides is 1. The maximum Gasteiger partial charge on any atom is 0.290 e. The van der Waals surface area contributed by atoms with Crippen molar-refractivity contribution in [3.63, 3.8) is 0 Å². The second-order valence-electron chi connectivity index (χ2n) is 9.01. The van der Waals surface area contributed by atoms with Crippen molar-refractivity contribution in [3.05, 3.63) is 69.0 Å². The smallest absolute Gasteiger partial charge is 0.290 e. The fourth-order valence-electron chi connectivity index (χ4n) is 4.52. The van der Waals surface area contributed by atoms with Crippen LogP contribution < -0.4 is 9.62 Å². The quantitative estimate of drug-likeness (QED) is 0.372. The molecule has 3 aromatic rings. The van der Waals surface area contributed by atoms with E-state index in [-0.39, 0.29) is 25.1 Å². The molecule has 2 aromatic heterocycles. The van der Waals surface area contributed by atoms with Crippen molar-refractivity contribution in [1.29, 1.82) is 0 Å². The maximum absolute atomic E-state index is 15.2. The second-order valence-corrected chi connectivity index (χ2v) is 12.4. The van der Waals surface area contributed by atoms with Crippen molar-refractivity contribution < 1.29 is 31.9 Å². The van der Waals surface area contributed by atoms with Crippen LogP contribution in [0.1, 0.15) is 23.5 Å². The molecule has 2 unspecified atom stereocenters. The number of carboxylic acid groups (broad SMARTS) is 1. The van der Waals surface area contributed by atoms with E-state index in [0.717, 1.165) is 5.41 Å². The Morgan fingerprint density at radius 1 is 1.23 bits per heavy atom. The van der Waals surface area contributed by atoms with Crippen LogP contribution in [0.25, 0.3) is 11.8 Å². The number of nitrogens with one attached hydrogen (secondary N) is 1. The number of likely N-dealkylation sites (tertiary alicyclic amines) is 1. The van der Waals surface area contributed by atoms with Crippen LogP contribution in [0.3, 0.4) is 0 Å². The number of thiophene rings is 1. The predicted octanol–water partition coefficient (Wildman–Crippen LogP) is 3.67. The lowest BCUT2D eigenvalue weighted by Gasteiger charge is -2.19. The zero-order chi connectivity index (χ0) is 28.9. The number of carbonyl (C=O) groups excluding carboxylic acids is 1. The minimum Gasteiger partial charge on any atom is -0.483 e. The lowest BCUT2D eigenvalue weighted by atomic mass is 10.2. The molecule has 10 nitrogen and oxygen atoms in total. The van der Waals surface area contributed by atoms with E-state index in [1.807, 2.05) is 4.90 Å². The van der Waals surface area contributed by atoms with Crippen molar-refractivity contribution in [2.45, 2.75) is 31.6 Å². The molecule has 214 valence electrons. The first kappa shape index (κ1) is 29.8. The third kappa shape index (κ3) is 7.31. The number of sulfonamides is 1. The summed E-state index contributed by atoms with van der Waals surface area (Å²) in [6, 6.07) is 6.82. The van der Waals surface area contributed by atoms with E-state index < -0.39 is 34.0 Å². The number of alkyl halides is 1. The van der Waals surface area contributed by atoms with Crippen LogP contribution in [0.15, 0.2) is 48.1 Å². The molecule has 1 amide bonds. The van der Waals surface area contributed by atoms with Gasteiger partial charge in [0.2, 0.25) is 15.9 Å². The van der Waals surface area contributed by atoms with Gasteiger partial charge in [0.25, 0.3) is 6.47 Å². The third-order valence-corrected chi connectivity index (χ3v) is 8.62. The number of hydrogen-bond acceptors (Lipinski definition) is 7. The van der Waals surface area contributed by atoms with E-state index >= 15 is 4.39 Å². The average Bonchev–Trinajstić information content (AvgIpc) is 3.69. The number of anilines is 1. The molecule has 2 atom stereocenters. The number of nitrogens with zero attached hydrogens (tertiary/aromatic N) is 4. The summed E-state index contributed by atoms with van der Waals surface area (Å²) in [5.74, 6) is -0.486. The summed E-state index contributed by atoms with van der Waals surface area (Å²) in [4.78, 5) is 29.5. The zero-order valence-electron chi connectivity index (χ0n) is 21.0. The first-order valence-corrected chi connectivity index (χ1v) is 14.9. The summed E-state index contributed by atoms with van der Waals surface area (Å²) in [5.41, 5.74) is 0.591. The van der Waals surface area contributed by atoms with E-state index in [2.05, 4.69) is 9.71 Å². The molecule has 2 N–H and O–H groups in total. The summed E-state index contributed by atoms with van der Waals surface area (Å²) in [5, 5.41) is 7.87. The first-order chi connectivity index (χ1) is 19.1. The molecule has 4 heterocycles. The Kier molecular flexibility index (Phi) is 9.68. The van der Waals surface area contributed by atoms with E-state index in [9.17, 15) is 17.6 Å². The largest absolute Gasteiger partial charge is 0.483 e. The van der Waals surface area contributed by atoms with Crippen molar-refractivity contribution in [1.82, 2.24) is 19.2 Å². The molecule has 0 spiro atoms. The lowest BCUT2D eigenvalue weighted by molar-refractivity contribution is -0.123. The normalized spacial score (nSPS) is 19.8. The summed E-state index contributed by atoms with van der Waals surface area (Å²) < 4.78 is 58.3. The molecule has 0 saturated carbocycles. The molecule has 2 aliphatic rings. The summed E-state index contributed by atoms with van der Waals surface area (Å²) in [7, 11) is -3.90. The van der Waals surface area contributed by atoms with Gasteiger partial charge in [0.1, 0.15) is 23.9 Å². The van der Waals surface area contributed by atoms with E-state index in [1.165, 1.54) is 34.4 Å². The van der Waals surface area contributed by atoms with Gasteiger partial charge >= 0.3 is 0 Å². The highest BCUT2D eigenvalue weighted by atomic mass is 35.5. The molecule has 0 aliphatic carbocycles. The first-order valence-electron chi connectivity index (χ1n) is 12.1.